The van der Waals surface area contributed by atoms with E-state index in [-0.39, 0.29) is 17.5 Å². The first-order chi connectivity index (χ1) is 14.6. The predicted molar refractivity (Wildman–Crippen MR) is 118 cm³/mol. The van der Waals surface area contributed by atoms with Crippen molar-refractivity contribution in [2.45, 2.75) is 11.7 Å². The van der Waals surface area contributed by atoms with Gasteiger partial charge in [0.15, 0.2) is 11.0 Å². The molecule has 152 valence electrons. The number of anilines is 2. The number of nitrogens with one attached hydrogen (secondary N) is 2. The third kappa shape index (κ3) is 4.60. The van der Waals surface area contributed by atoms with E-state index < -0.39 is 0 Å². The first-order valence-corrected chi connectivity index (χ1v) is 10.4. The smallest absolute Gasteiger partial charge is 0.234 e. The highest BCUT2D eigenvalue weighted by Crippen LogP contribution is 2.24. The summed E-state index contributed by atoms with van der Waals surface area (Å²) in [6.07, 6.45) is 0. The molecule has 6 nitrogen and oxygen atoms in total. The zero-order valence-corrected chi connectivity index (χ0v) is 17.1. The molecule has 0 aliphatic rings. The van der Waals surface area contributed by atoms with Crippen molar-refractivity contribution in [3.8, 4) is 0 Å². The molecular formula is C22H20FN5OS. The number of amides is 1. The summed E-state index contributed by atoms with van der Waals surface area (Å²) in [4.78, 5) is 12.5. The van der Waals surface area contributed by atoms with Gasteiger partial charge in [-0.25, -0.2) is 4.39 Å². The van der Waals surface area contributed by atoms with Crippen LogP contribution in [-0.2, 0) is 18.4 Å². The van der Waals surface area contributed by atoms with Crippen LogP contribution >= 0.6 is 11.8 Å². The van der Waals surface area contributed by atoms with Crippen LogP contribution in [0.25, 0.3) is 10.8 Å². The van der Waals surface area contributed by atoms with E-state index in [1.165, 1.54) is 23.9 Å². The topological polar surface area (TPSA) is 71.8 Å². The number of halogens is 1. The molecule has 0 radical (unpaired) electrons. The molecule has 0 atom stereocenters. The molecule has 1 heterocycles. The number of hydrogen-bond acceptors (Lipinski definition) is 5. The van der Waals surface area contributed by atoms with Gasteiger partial charge in [0.05, 0.1) is 12.3 Å². The first kappa shape index (κ1) is 19.9. The van der Waals surface area contributed by atoms with Gasteiger partial charge in [-0.2, -0.15) is 0 Å². The molecule has 30 heavy (non-hydrogen) atoms. The van der Waals surface area contributed by atoms with Crippen molar-refractivity contribution in [3.63, 3.8) is 0 Å². The maximum atomic E-state index is 13.0. The molecule has 1 aromatic heterocycles. The average molecular weight is 422 g/mol. The SMILES string of the molecule is Cn1c(CNc2ccc(F)cc2)nnc1SCC(=O)Nc1cccc2ccccc12. The third-order valence-corrected chi connectivity index (χ3v) is 5.64. The van der Waals surface area contributed by atoms with Crippen LogP contribution in [0.5, 0.6) is 0 Å². The van der Waals surface area contributed by atoms with Crippen molar-refractivity contribution < 1.29 is 9.18 Å². The van der Waals surface area contributed by atoms with Gasteiger partial charge in [-0.15, -0.1) is 10.2 Å². The molecule has 8 heteroatoms. The molecule has 2 N–H and O–H groups in total. The van der Waals surface area contributed by atoms with Gasteiger partial charge in [0.1, 0.15) is 5.82 Å². The minimum atomic E-state index is -0.278. The lowest BCUT2D eigenvalue weighted by atomic mass is 10.1. The highest BCUT2D eigenvalue weighted by molar-refractivity contribution is 7.99. The van der Waals surface area contributed by atoms with Gasteiger partial charge in [-0.05, 0) is 35.7 Å². The standard InChI is InChI=1S/C22H20FN5OS/c1-28-20(13-24-17-11-9-16(23)10-12-17)26-27-22(28)30-14-21(29)25-19-8-4-6-15-5-2-3-7-18(15)19/h2-12,24H,13-14H2,1H3,(H,25,29). The molecule has 0 spiro atoms. The minimum Gasteiger partial charge on any atom is -0.378 e. The average Bonchev–Trinajstić information content (AvgIpc) is 3.11. The number of aromatic nitrogens is 3. The second kappa shape index (κ2) is 8.96. The van der Waals surface area contributed by atoms with Crippen LogP contribution in [0.3, 0.4) is 0 Å². The summed E-state index contributed by atoms with van der Waals surface area (Å²) in [6, 6.07) is 19.9. The van der Waals surface area contributed by atoms with Crippen LogP contribution in [-0.4, -0.2) is 26.4 Å². The summed E-state index contributed by atoms with van der Waals surface area (Å²) < 4.78 is 14.8. The van der Waals surface area contributed by atoms with Crippen LogP contribution in [0.2, 0.25) is 0 Å². The zero-order valence-electron chi connectivity index (χ0n) is 16.3. The third-order valence-electron chi connectivity index (χ3n) is 4.62. The Hall–Kier alpha value is -3.39. The van der Waals surface area contributed by atoms with Crippen molar-refractivity contribution in [1.29, 1.82) is 0 Å². The molecule has 0 unspecified atom stereocenters. The lowest BCUT2D eigenvalue weighted by Gasteiger charge is -2.09. The Morgan fingerprint density at radius 2 is 1.80 bits per heavy atom. The maximum Gasteiger partial charge on any atom is 0.234 e. The largest absolute Gasteiger partial charge is 0.378 e. The Labute approximate surface area is 177 Å². The lowest BCUT2D eigenvalue weighted by molar-refractivity contribution is -0.113. The summed E-state index contributed by atoms with van der Waals surface area (Å²) in [5, 5.41) is 17.2. The number of carbonyl (C=O) groups is 1. The number of carbonyl (C=O) groups excluding carboxylic acids is 1. The number of rotatable bonds is 7. The van der Waals surface area contributed by atoms with E-state index in [1.54, 1.807) is 12.1 Å². The number of thioether (sulfide) groups is 1. The Balaban J connectivity index is 1.34. The number of fused-ring (bicyclic) bond motifs is 1. The molecule has 4 aromatic rings. The Kier molecular flexibility index (Phi) is 5.94. The number of nitrogens with zero attached hydrogens (tertiary/aromatic N) is 3. The molecule has 4 rings (SSSR count). The Morgan fingerprint density at radius 3 is 2.63 bits per heavy atom. The van der Waals surface area contributed by atoms with Gasteiger partial charge >= 0.3 is 0 Å². The fourth-order valence-electron chi connectivity index (χ4n) is 3.02. The number of benzene rings is 3. The van der Waals surface area contributed by atoms with Crippen LogP contribution in [0.15, 0.2) is 71.9 Å². The second-order valence-corrected chi connectivity index (χ2v) is 7.62. The highest BCUT2D eigenvalue weighted by Gasteiger charge is 2.12. The van der Waals surface area contributed by atoms with E-state index in [2.05, 4.69) is 20.8 Å². The monoisotopic (exact) mass is 421 g/mol. The molecule has 0 fully saturated rings. The fourth-order valence-corrected chi connectivity index (χ4v) is 3.75. The lowest BCUT2D eigenvalue weighted by Crippen LogP contribution is -2.15. The first-order valence-electron chi connectivity index (χ1n) is 9.38. The second-order valence-electron chi connectivity index (χ2n) is 6.68. The van der Waals surface area contributed by atoms with E-state index in [4.69, 9.17) is 0 Å². The molecule has 0 saturated heterocycles. The highest BCUT2D eigenvalue weighted by atomic mass is 32.2. The Morgan fingerprint density at radius 1 is 1.03 bits per heavy atom. The normalized spacial score (nSPS) is 10.9. The minimum absolute atomic E-state index is 0.106. The number of hydrogen-bond donors (Lipinski definition) is 2. The summed E-state index contributed by atoms with van der Waals surface area (Å²) in [5.41, 5.74) is 1.59. The summed E-state index contributed by atoms with van der Waals surface area (Å²) in [6.45, 7) is 0.442. The van der Waals surface area contributed by atoms with Gasteiger partial charge in [0.25, 0.3) is 0 Å². The van der Waals surface area contributed by atoms with E-state index >= 15 is 0 Å². The molecule has 0 bridgehead atoms. The molecular weight excluding hydrogens is 401 g/mol. The van der Waals surface area contributed by atoms with E-state index in [0.29, 0.717) is 11.7 Å². The van der Waals surface area contributed by atoms with Crippen LogP contribution in [0, 0.1) is 5.82 Å². The molecule has 0 aliphatic heterocycles. The van der Waals surface area contributed by atoms with Crippen molar-refractivity contribution >= 4 is 39.8 Å². The van der Waals surface area contributed by atoms with Gasteiger partial charge in [0, 0.05) is 23.8 Å². The van der Waals surface area contributed by atoms with Crippen molar-refractivity contribution in [1.82, 2.24) is 14.8 Å². The van der Waals surface area contributed by atoms with Gasteiger partial charge in [0.2, 0.25) is 5.91 Å². The molecule has 1 amide bonds. The van der Waals surface area contributed by atoms with E-state index in [9.17, 15) is 9.18 Å². The maximum absolute atomic E-state index is 13.0. The van der Waals surface area contributed by atoms with Crippen LogP contribution in [0.4, 0.5) is 15.8 Å². The van der Waals surface area contributed by atoms with Crippen LogP contribution < -0.4 is 10.6 Å². The molecule has 0 saturated carbocycles. The Bertz CT molecular complexity index is 1170. The van der Waals surface area contributed by atoms with Crippen LogP contribution in [0.1, 0.15) is 5.82 Å². The summed E-state index contributed by atoms with van der Waals surface area (Å²) >= 11 is 1.32. The van der Waals surface area contributed by atoms with Crippen molar-refractivity contribution in [2.75, 3.05) is 16.4 Å². The van der Waals surface area contributed by atoms with E-state index in [1.807, 2.05) is 54.1 Å². The van der Waals surface area contributed by atoms with E-state index in [0.717, 1.165) is 28.0 Å². The fraction of sp³-hybridized carbons (Fsp3) is 0.136. The summed E-state index contributed by atoms with van der Waals surface area (Å²) in [7, 11) is 1.85. The summed E-state index contributed by atoms with van der Waals surface area (Å²) in [5.74, 6) is 0.557. The zero-order chi connectivity index (χ0) is 20.9. The van der Waals surface area contributed by atoms with Crippen molar-refractivity contribution in [2.24, 2.45) is 7.05 Å². The van der Waals surface area contributed by atoms with Gasteiger partial charge in [-0.3, -0.25) is 4.79 Å². The van der Waals surface area contributed by atoms with Gasteiger partial charge < -0.3 is 15.2 Å². The molecule has 3 aromatic carbocycles. The molecule has 0 aliphatic carbocycles. The van der Waals surface area contributed by atoms with Gasteiger partial charge in [-0.1, -0.05) is 48.2 Å². The quantitative estimate of drug-likeness (QED) is 0.432. The predicted octanol–water partition coefficient (Wildman–Crippen LogP) is 4.45. The van der Waals surface area contributed by atoms with Crippen molar-refractivity contribution in [3.05, 3.63) is 78.4 Å².